The molecule has 0 aliphatic carbocycles. The van der Waals surface area contributed by atoms with Crippen LogP contribution in [0.1, 0.15) is 23.6 Å². The molecule has 6 rings (SSSR count). The SMILES string of the molecule is C[C@@H]1CN(c2ccc(C#N)c3ncccc23)C[C@@H]2Cc3ccc(N4CCOCC(NC(=O)O)C4)cc3CN21. The molecule has 0 radical (unpaired) electrons. The van der Waals surface area contributed by atoms with E-state index >= 15 is 0 Å². The topological polar surface area (TPSA) is 105 Å². The number of fused-ring (bicyclic) bond motifs is 3. The lowest BCUT2D eigenvalue weighted by Crippen LogP contribution is -2.59. The number of nitrogens with zero attached hydrogens (tertiary/aromatic N) is 5. The van der Waals surface area contributed by atoms with E-state index in [2.05, 4.69) is 68.3 Å². The Kier molecular flexibility index (Phi) is 6.52. The monoisotopic (exact) mass is 512 g/mol. The van der Waals surface area contributed by atoms with Gasteiger partial charge in [0.25, 0.3) is 0 Å². The number of nitrogens with one attached hydrogen (secondary N) is 1. The van der Waals surface area contributed by atoms with Crippen molar-refractivity contribution in [1.29, 1.82) is 5.26 Å². The second-order valence-corrected chi connectivity index (χ2v) is 10.5. The first kappa shape index (κ1) is 24.5. The van der Waals surface area contributed by atoms with E-state index in [4.69, 9.17) is 9.84 Å². The van der Waals surface area contributed by atoms with Crippen LogP contribution in [0.5, 0.6) is 0 Å². The van der Waals surface area contributed by atoms with Gasteiger partial charge in [-0.2, -0.15) is 5.26 Å². The first-order valence-electron chi connectivity index (χ1n) is 13.2. The lowest BCUT2D eigenvalue weighted by Gasteiger charge is -2.49. The summed E-state index contributed by atoms with van der Waals surface area (Å²) >= 11 is 0. The summed E-state index contributed by atoms with van der Waals surface area (Å²) in [5.74, 6) is 0. The van der Waals surface area contributed by atoms with E-state index in [0.717, 1.165) is 54.9 Å². The molecular weight excluding hydrogens is 480 g/mol. The van der Waals surface area contributed by atoms with Crippen LogP contribution in [0.4, 0.5) is 16.2 Å². The quantitative estimate of drug-likeness (QED) is 0.551. The summed E-state index contributed by atoms with van der Waals surface area (Å²) in [5.41, 5.74) is 6.37. The van der Waals surface area contributed by atoms with E-state index in [9.17, 15) is 10.1 Å². The Hall–Kier alpha value is -3.87. The van der Waals surface area contributed by atoms with Gasteiger partial charge in [-0.15, -0.1) is 0 Å². The number of rotatable bonds is 3. The van der Waals surface area contributed by atoms with Crippen molar-refractivity contribution in [1.82, 2.24) is 15.2 Å². The third kappa shape index (κ3) is 4.62. The number of nitriles is 1. The van der Waals surface area contributed by atoms with E-state index < -0.39 is 6.09 Å². The van der Waals surface area contributed by atoms with Gasteiger partial charge < -0.3 is 25.0 Å². The molecule has 2 aromatic carbocycles. The molecule has 4 heterocycles. The number of hydrogen-bond donors (Lipinski definition) is 2. The number of anilines is 2. The summed E-state index contributed by atoms with van der Waals surface area (Å²) in [5, 5.41) is 22.3. The average Bonchev–Trinajstić information content (AvgIpc) is 3.16. The van der Waals surface area contributed by atoms with Crippen LogP contribution in [0.15, 0.2) is 48.7 Å². The molecule has 38 heavy (non-hydrogen) atoms. The van der Waals surface area contributed by atoms with Gasteiger partial charge in [0.15, 0.2) is 0 Å². The lowest BCUT2D eigenvalue weighted by molar-refractivity contribution is 0.101. The summed E-state index contributed by atoms with van der Waals surface area (Å²) in [7, 11) is 0. The van der Waals surface area contributed by atoms with Crippen LogP contribution < -0.4 is 15.1 Å². The number of pyridine rings is 1. The fraction of sp³-hybridized carbons (Fsp3) is 0.414. The maximum atomic E-state index is 11.2. The highest BCUT2D eigenvalue weighted by Crippen LogP contribution is 2.35. The highest BCUT2D eigenvalue weighted by atomic mass is 16.5. The standard InChI is InChI=1S/C29H32N6O3/c1-19-14-34(27-7-5-21(13-30)28-26(27)3-2-8-31-28)17-25-11-20-4-6-24(12-22(20)15-35(19)25)33-9-10-38-18-23(16-33)32-29(36)37/h2-8,12,19,23,25,32H,9-11,14-18H2,1H3,(H,36,37)/t19-,23?,25+/m1/s1. The minimum atomic E-state index is -1.02. The molecule has 9 heteroatoms. The van der Waals surface area contributed by atoms with Gasteiger partial charge >= 0.3 is 6.09 Å². The van der Waals surface area contributed by atoms with Gasteiger partial charge in [0.1, 0.15) is 6.07 Å². The summed E-state index contributed by atoms with van der Waals surface area (Å²) in [6, 6.07) is 17.5. The minimum Gasteiger partial charge on any atom is -0.465 e. The largest absolute Gasteiger partial charge is 0.465 e. The van der Waals surface area contributed by atoms with Crippen LogP contribution in [0.3, 0.4) is 0 Å². The fourth-order valence-electron chi connectivity index (χ4n) is 6.32. The molecule has 196 valence electrons. The predicted molar refractivity (Wildman–Crippen MR) is 146 cm³/mol. The smallest absolute Gasteiger partial charge is 0.405 e. The molecule has 3 aromatic rings. The zero-order chi connectivity index (χ0) is 26.2. The molecule has 2 fully saturated rings. The Morgan fingerprint density at radius 2 is 2.05 bits per heavy atom. The summed E-state index contributed by atoms with van der Waals surface area (Å²) in [6.07, 6.45) is 1.71. The molecule has 1 amide bonds. The summed E-state index contributed by atoms with van der Waals surface area (Å²) in [4.78, 5) is 23.0. The van der Waals surface area contributed by atoms with Crippen LogP contribution in [0.2, 0.25) is 0 Å². The van der Waals surface area contributed by atoms with Crippen LogP contribution in [0, 0.1) is 11.3 Å². The molecule has 3 aliphatic rings. The van der Waals surface area contributed by atoms with Crippen molar-refractivity contribution in [3.8, 4) is 6.07 Å². The van der Waals surface area contributed by atoms with E-state index in [0.29, 0.717) is 37.4 Å². The Morgan fingerprint density at radius 1 is 1.16 bits per heavy atom. The number of aromatic nitrogens is 1. The van der Waals surface area contributed by atoms with Gasteiger partial charge in [0.05, 0.1) is 30.3 Å². The molecule has 0 saturated carbocycles. The molecule has 1 unspecified atom stereocenters. The van der Waals surface area contributed by atoms with Crippen molar-refractivity contribution < 1.29 is 14.6 Å². The molecule has 1 aromatic heterocycles. The zero-order valence-electron chi connectivity index (χ0n) is 21.5. The second-order valence-electron chi connectivity index (χ2n) is 10.5. The maximum Gasteiger partial charge on any atom is 0.405 e. The Balaban J connectivity index is 1.23. The number of amides is 1. The zero-order valence-corrected chi connectivity index (χ0v) is 21.5. The van der Waals surface area contributed by atoms with Gasteiger partial charge in [0, 0.05) is 67.8 Å². The van der Waals surface area contributed by atoms with E-state index in [-0.39, 0.29) is 6.04 Å². The normalized spacial score (nSPS) is 23.7. The Labute approximate surface area is 222 Å². The minimum absolute atomic E-state index is 0.253. The van der Waals surface area contributed by atoms with Crippen LogP contribution in [-0.2, 0) is 17.7 Å². The molecule has 0 bridgehead atoms. The Morgan fingerprint density at radius 3 is 2.89 bits per heavy atom. The first-order valence-corrected chi connectivity index (χ1v) is 13.2. The van der Waals surface area contributed by atoms with E-state index in [1.165, 1.54) is 11.1 Å². The maximum absolute atomic E-state index is 11.2. The third-order valence-electron chi connectivity index (χ3n) is 8.12. The number of piperazine rings is 1. The van der Waals surface area contributed by atoms with E-state index in [1.807, 2.05) is 12.1 Å². The Bertz CT molecular complexity index is 1400. The van der Waals surface area contributed by atoms with Gasteiger partial charge in [-0.25, -0.2) is 4.79 Å². The molecule has 0 spiro atoms. The summed E-state index contributed by atoms with van der Waals surface area (Å²) in [6.45, 7) is 7.34. The van der Waals surface area contributed by atoms with Crippen molar-refractivity contribution in [3.63, 3.8) is 0 Å². The van der Waals surface area contributed by atoms with Crippen LogP contribution in [-0.4, -0.2) is 78.6 Å². The van der Waals surface area contributed by atoms with Crippen molar-refractivity contribution >= 4 is 28.4 Å². The van der Waals surface area contributed by atoms with Gasteiger partial charge in [-0.3, -0.25) is 9.88 Å². The second kappa shape index (κ2) is 10.1. The first-order chi connectivity index (χ1) is 18.5. The molecule has 3 atom stereocenters. The highest BCUT2D eigenvalue weighted by molar-refractivity contribution is 5.95. The number of ether oxygens (including phenoxy) is 1. The van der Waals surface area contributed by atoms with Crippen molar-refractivity contribution in [2.75, 3.05) is 49.2 Å². The van der Waals surface area contributed by atoms with Crippen molar-refractivity contribution in [2.24, 2.45) is 0 Å². The van der Waals surface area contributed by atoms with Gasteiger partial charge in [-0.1, -0.05) is 6.07 Å². The average molecular weight is 513 g/mol. The van der Waals surface area contributed by atoms with Gasteiger partial charge in [0.2, 0.25) is 0 Å². The fourth-order valence-corrected chi connectivity index (χ4v) is 6.32. The van der Waals surface area contributed by atoms with Crippen LogP contribution >= 0.6 is 0 Å². The summed E-state index contributed by atoms with van der Waals surface area (Å²) < 4.78 is 5.64. The van der Waals surface area contributed by atoms with Crippen molar-refractivity contribution in [3.05, 3.63) is 65.4 Å². The number of carboxylic acid groups (broad SMARTS) is 1. The van der Waals surface area contributed by atoms with Crippen LogP contribution in [0.25, 0.3) is 10.9 Å². The lowest BCUT2D eigenvalue weighted by atomic mass is 9.89. The third-order valence-corrected chi connectivity index (χ3v) is 8.12. The molecule has 9 nitrogen and oxygen atoms in total. The number of hydrogen-bond acceptors (Lipinski definition) is 7. The van der Waals surface area contributed by atoms with Gasteiger partial charge in [-0.05, 0) is 60.9 Å². The molecule has 3 aliphatic heterocycles. The van der Waals surface area contributed by atoms with E-state index in [1.54, 1.807) is 6.20 Å². The molecular formula is C29H32N6O3. The molecule has 2 N–H and O–H groups in total. The number of carbonyl (C=O) groups is 1. The molecule has 2 saturated heterocycles. The predicted octanol–water partition coefficient (Wildman–Crippen LogP) is 3.21. The number of benzene rings is 2. The highest BCUT2D eigenvalue weighted by Gasteiger charge is 2.36. The van der Waals surface area contributed by atoms with Crippen molar-refractivity contribution in [2.45, 2.75) is 38.0 Å².